The van der Waals surface area contributed by atoms with Crippen molar-refractivity contribution in [2.45, 2.75) is 44.8 Å². The third-order valence-electron chi connectivity index (χ3n) is 7.57. The number of rotatable bonds is 4. The summed E-state index contributed by atoms with van der Waals surface area (Å²) in [7, 11) is -3.63. The van der Waals surface area contributed by atoms with Crippen LogP contribution >= 0.6 is 11.8 Å². The molecule has 1 heterocycles. The molecule has 0 spiro atoms. The summed E-state index contributed by atoms with van der Waals surface area (Å²) in [5.41, 5.74) is -0.798. The molecule has 4 rings (SSSR count). The monoisotopic (exact) mass is 443 g/mol. The van der Waals surface area contributed by atoms with Crippen LogP contribution < -0.4 is 0 Å². The predicted octanol–water partition coefficient (Wildman–Crippen LogP) is 4.17. The molecule has 0 radical (unpaired) electrons. The zero-order chi connectivity index (χ0) is 21.0. The molecule has 1 aromatic rings. The van der Waals surface area contributed by atoms with Gasteiger partial charge in [0.2, 0.25) is 10.0 Å². The van der Waals surface area contributed by atoms with Gasteiger partial charge in [-0.05, 0) is 48.8 Å². The molecule has 0 amide bonds. The van der Waals surface area contributed by atoms with Gasteiger partial charge in [0.15, 0.2) is 0 Å². The number of nitrogens with zero attached hydrogens (tertiary/aromatic N) is 1. The lowest BCUT2D eigenvalue weighted by Gasteiger charge is -2.37. The van der Waals surface area contributed by atoms with E-state index in [1.807, 2.05) is 13.8 Å². The van der Waals surface area contributed by atoms with Gasteiger partial charge in [-0.2, -0.15) is 11.8 Å². The molecule has 3 unspecified atom stereocenters. The Morgan fingerprint density at radius 2 is 1.97 bits per heavy atom. The summed E-state index contributed by atoms with van der Waals surface area (Å²) in [6.07, 6.45) is 2.45. The van der Waals surface area contributed by atoms with Crippen LogP contribution in [0.1, 0.15) is 50.3 Å². The van der Waals surface area contributed by atoms with Crippen molar-refractivity contribution < 1.29 is 22.0 Å². The number of carbonyl (C=O) groups is 1. The quantitative estimate of drug-likeness (QED) is 0.701. The van der Waals surface area contributed by atoms with Gasteiger partial charge >= 0.3 is 0 Å². The van der Waals surface area contributed by atoms with Gasteiger partial charge in [-0.1, -0.05) is 13.8 Å². The minimum Gasteiger partial charge on any atom is -0.299 e. The molecule has 1 aliphatic heterocycles. The Morgan fingerprint density at radius 1 is 1.21 bits per heavy atom. The zero-order valence-corrected chi connectivity index (χ0v) is 18.4. The van der Waals surface area contributed by atoms with E-state index in [1.165, 1.54) is 22.1 Å². The molecule has 0 aromatic heterocycles. The molecule has 29 heavy (non-hydrogen) atoms. The first kappa shape index (κ1) is 21.2. The Balaban J connectivity index is 1.52. The van der Waals surface area contributed by atoms with Crippen LogP contribution in [-0.4, -0.2) is 43.1 Å². The van der Waals surface area contributed by atoms with Crippen molar-refractivity contribution in [3.05, 3.63) is 35.4 Å². The average Bonchev–Trinajstić information content (AvgIpc) is 2.90. The lowest BCUT2D eigenvalue weighted by molar-refractivity contribution is -0.128. The number of carbonyl (C=O) groups excluding carboxylic acids is 1. The summed E-state index contributed by atoms with van der Waals surface area (Å²) in [4.78, 5) is 12.7. The van der Waals surface area contributed by atoms with Crippen LogP contribution in [0.3, 0.4) is 0 Å². The Bertz CT molecular complexity index is 934. The van der Waals surface area contributed by atoms with E-state index in [0.29, 0.717) is 37.1 Å². The third-order valence-corrected chi connectivity index (χ3v) is 10.9. The van der Waals surface area contributed by atoms with Crippen LogP contribution in [0, 0.1) is 28.4 Å². The minimum atomic E-state index is -3.63. The first-order valence-corrected chi connectivity index (χ1v) is 12.8. The maximum absolute atomic E-state index is 14.2. The Morgan fingerprint density at radius 3 is 2.62 bits per heavy atom. The molecule has 2 aliphatic carbocycles. The van der Waals surface area contributed by atoms with Crippen LogP contribution in [0.4, 0.5) is 8.78 Å². The molecule has 1 aromatic carbocycles. The highest BCUT2D eigenvalue weighted by Crippen LogP contribution is 2.64. The molecule has 3 fully saturated rings. The van der Waals surface area contributed by atoms with Crippen molar-refractivity contribution in [1.29, 1.82) is 0 Å². The Labute approximate surface area is 175 Å². The number of fused-ring (bicyclic) bond motifs is 2. The predicted molar refractivity (Wildman–Crippen MR) is 110 cm³/mol. The number of benzene rings is 1. The molecule has 3 atom stereocenters. The first-order chi connectivity index (χ1) is 13.6. The van der Waals surface area contributed by atoms with Gasteiger partial charge in [0.25, 0.3) is 0 Å². The number of sulfonamides is 1. The SMILES string of the molecule is CC1(C)C2CCC1(CS(=O)(=O)N1CCSC(c3cc(F)ccc3F)CC1)C(=O)C2. The molecule has 8 heteroatoms. The number of Topliss-reactive ketones (excluding diaryl/α,β-unsaturated/α-hetero) is 1. The molecule has 160 valence electrons. The van der Waals surface area contributed by atoms with Crippen LogP contribution in [0.25, 0.3) is 0 Å². The van der Waals surface area contributed by atoms with E-state index < -0.39 is 27.1 Å². The Hall–Kier alpha value is -0.990. The summed E-state index contributed by atoms with van der Waals surface area (Å²) in [5, 5.41) is -0.288. The van der Waals surface area contributed by atoms with Crippen LogP contribution in [0.2, 0.25) is 0 Å². The lowest BCUT2D eigenvalue weighted by atomic mass is 9.70. The smallest absolute Gasteiger partial charge is 0.215 e. The number of halogens is 2. The fraction of sp³-hybridized carbons (Fsp3) is 0.667. The summed E-state index contributed by atoms with van der Waals surface area (Å²) in [6.45, 7) is 4.65. The van der Waals surface area contributed by atoms with Gasteiger partial charge in [-0.15, -0.1) is 0 Å². The van der Waals surface area contributed by atoms with Gasteiger partial charge < -0.3 is 0 Å². The van der Waals surface area contributed by atoms with E-state index in [9.17, 15) is 22.0 Å². The van der Waals surface area contributed by atoms with Crippen molar-refractivity contribution in [2.24, 2.45) is 16.7 Å². The summed E-state index contributed by atoms with van der Waals surface area (Å²) in [6, 6.07) is 3.41. The molecule has 4 nitrogen and oxygen atoms in total. The highest BCUT2D eigenvalue weighted by Gasteiger charge is 2.65. The van der Waals surface area contributed by atoms with Crippen LogP contribution in [0.5, 0.6) is 0 Å². The molecule has 0 N–H and O–H groups in total. The number of ketones is 1. The first-order valence-electron chi connectivity index (χ1n) is 10.1. The fourth-order valence-corrected chi connectivity index (χ4v) is 9.14. The van der Waals surface area contributed by atoms with E-state index in [4.69, 9.17) is 0 Å². The van der Waals surface area contributed by atoms with E-state index >= 15 is 0 Å². The van der Waals surface area contributed by atoms with Gasteiger partial charge in [0.1, 0.15) is 17.4 Å². The van der Waals surface area contributed by atoms with Crippen molar-refractivity contribution in [3.63, 3.8) is 0 Å². The van der Waals surface area contributed by atoms with Crippen molar-refractivity contribution in [2.75, 3.05) is 24.6 Å². The van der Waals surface area contributed by atoms with E-state index in [2.05, 4.69) is 0 Å². The number of thioether (sulfide) groups is 1. The molecular weight excluding hydrogens is 416 g/mol. The summed E-state index contributed by atoms with van der Waals surface area (Å²) >= 11 is 1.46. The largest absolute Gasteiger partial charge is 0.299 e. The second-order valence-corrected chi connectivity index (χ2v) is 12.4. The Kier molecular flexibility index (Phi) is 5.35. The minimum absolute atomic E-state index is 0.0891. The van der Waals surface area contributed by atoms with Gasteiger partial charge in [-0.25, -0.2) is 21.5 Å². The molecule has 2 bridgehead atoms. The van der Waals surface area contributed by atoms with Crippen LogP contribution in [0.15, 0.2) is 18.2 Å². The second kappa shape index (κ2) is 7.31. The highest BCUT2D eigenvalue weighted by atomic mass is 32.2. The van der Waals surface area contributed by atoms with E-state index in [1.54, 1.807) is 0 Å². The second-order valence-electron chi connectivity index (χ2n) is 9.14. The summed E-state index contributed by atoms with van der Waals surface area (Å²) < 4.78 is 55.8. The standard InChI is InChI=1S/C21H27F2NO3S2/c1-20(2)14-5-7-21(20,19(25)11-14)13-29(26,27)24-8-6-18(28-10-9-24)16-12-15(22)3-4-17(16)23/h3-4,12,14,18H,5-11,13H2,1-2H3. The highest BCUT2D eigenvalue weighted by molar-refractivity contribution is 7.99. The van der Waals surface area contributed by atoms with Gasteiger partial charge in [0.05, 0.1) is 5.75 Å². The molecule has 3 aliphatic rings. The normalized spacial score (nSPS) is 32.5. The maximum atomic E-state index is 14.2. The van der Waals surface area contributed by atoms with Crippen molar-refractivity contribution in [3.8, 4) is 0 Å². The van der Waals surface area contributed by atoms with Crippen LogP contribution in [-0.2, 0) is 14.8 Å². The van der Waals surface area contributed by atoms with E-state index in [0.717, 1.165) is 18.6 Å². The molecule has 2 saturated carbocycles. The average molecular weight is 444 g/mol. The number of hydrogen-bond acceptors (Lipinski definition) is 4. The zero-order valence-electron chi connectivity index (χ0n) is 16.8. The summed E-state index contributed by atoms with van der Waals surface area (Å²) in [5.74, 6) is -0.225. The molecule has 1 saturated heterocycles. The lowest BCUT2D eigenvalue weighted by Crippen LogP contribution is -2.47. The maximum Gasteiger partial charge on any atom is 0.215 e. The third kappa shape index (κ3) is 3.45. The fourth-order valence-electron chi connectivity index (χ4n) is 5.55. The van der Waals surface area contributed by atoms with Gasteiger partial charge in [0, 0.05) is 41.5 Å². The van der Waals surface area contributed by atoms with E-state index in [-0.39, 0.29) is 34.7 Å². The van der Waals surface area contributed by atoms with Crippen molar-refractivity contribution in [1.82, 2.24) is 4.31 Å². The number of hydrogen-bond donors (Lipinski definition) is 0. The topological polar surface area (TPSA) is 54.5 Å². The van der Waals surface area contributed by atoms with Crippen molar-refractivity contribution >= 4 is 27.6 Å². The van der Waals surface area contributed by atoms with Gasteiger partial charge in [-0.3, -0.25) is 4.79 Å². The molecular formula is C21H27F2NO3S2.